The standard InChI is InChI=1S/C20H28N4O4/c1-20(2,3)28-19(26)24(5)13-16(25)22-17(18-21-11-12-23(18)4)14-9-7-8-10-15(14)27-6/h7-12,17H,13H2,1-6H3,(H,22,25). The number of rotatable bonds is 6. The Morgan fingerprint density at radius 2 is 1.96 bits per heavy atom. The predicted octanol–water partition coefficient (Wildman–Crippen LogP) is 2.50. The third kappa shape index (κ3) is 5.48. The SMILES string of the molecule is COc1ccccc1C(NC(=O)CN(C)C(=O)OC(C)(C)C)c1nccn1C. The first-order chi connectivity index (χ1) is 13.1. The number of aromatic nitrogens is 2. The Kier molecular flexibility index (Phi) is 6.66. The van der Waals surface area contributed by atoms with Crippen LogP contribution >= 0.6 is 0 Å². The molecule has 2 rings (SSSR count). The van der Waals surface area contributed by atoms with Gasteiger partial charge in [0.1, 0.15) is 29.8 Å². The summed E-state index contributed by atoms with van der Waals surface area (Å²) in [6.45, 7) is 5.18. The molecule has 1 aromatic heterocycles. The molecule has 2 aromatic rings. The fourth-order valence-electron chi connectivity index (χ4n) is 2.67. The molecule has 2 amide bonds. The predicted molar refractivity (Wildman–Crippen MR) is 105 cm³/mol. The molecule has 0 saturated carbocycles. The molecule has 152 valence electrons. The second-order valence-corrected chi connectivity index (χ2v) is 7.48. The summed E-state index contributed by atoms with van der Waals surface area (Å²) in [6.07, 6.45) is 2.90. The van der Waals surface area contributed by atoms with Crippen molar-refractivity contribution in [2.45, 2.75) is 32.4 Å². The minimum Gasteiger partial charge on any atom is -0.496 e. The number of nitrogens with zero attached hydrogens (tertiary/aromatic N) is 3. The monoisotopic (exact) mass is 388 g/mol. The number of likely N-dealkylation sites (N-methyl/N-ethyl adjacent to an activating group) is 1. The van der Waals surface area contributed by atoms with Crippen molar-refractivity contribution in [1.29, 1.82) is 0 Å². The van der Waals surface area contributed by atoms with Crippen LogP contribution in [0.4, 0.5) is 4.79 Å². The van der Waals surface area contributed by atoms with Gasteiger partial charge in [0.15, 0.2) is 0 Å². The van der Waals surface area contributed by atoms with Gasteiger partial charge in [0.05, 0.1) is 7.11 Å². The normalized spacial score (nSPS) is 12.2. The summed E-state index contributed by atoms with van der Waals surface area (Å²) in [5, 5.41) is 2.95. The number of nitrogens with one attached hydrogen (secondary N) is 1. The van der Waals surface area contributed by atoms with Crippen molar-refractivity contribution in [1.82, 2.24) is 19.8 Å². The van der Waals surface area contributed by atoms with E-state index in [1.54, 1.807) is 40.3 Å². The average Bonchev–Trinajstić information content (AvgIpc) is 3.04. The molecule has 0 aliphatic carbocycles. The fraction of sp³-hybridized carbons (Fsp3) is 0.450. The topological polar surface area (TPSA) is 85.7 Å². The van der Waals surface area contributed by atoms with Crippen molar-refractivity contribution in [3.05, 3.63) is 48.0 Å². The second kappa shape index (κ2) is 8.77. The van der Waals surface area contributed by atoms with E-state index in [0.717, 1.165) is 5.56 Å². The molecule has 28 heavy (non-hydrogen) atoms. The molecule has 0 spiro atoms. The number of carbonyl (C=O) groups excluding carboxylic acids is 2. The molecule has 0 saturated heterocycles. The van der Waals surface area contributed by atoms with Crippen molar-refractivity contribution in [2.75, 3.05) is 20.7 Å². The summed E-state index contributed by atoms with van der Waals surface area (Å²) in [5.41, 5.74) is 0.141. The highest BCUT2D eigenvalue weighted by atomic mass is 16.6. The number of para-hydroxylation sites is 1. The molecule has 8 heteroatoms. The van der Waals surface area contributed by atoms with Crippen LogP contribution in [0.5, 0.6) is 5.75 Å². The number of hydrogen-bond donors (Lipinski definition) is 1. The Labute approximate surface area is 165 Å². The summed E-state index contributed by atoms with van der Waals surface area (Å²) in [6, 6.07) is 6.89. The molecule has 1 aromatic carbocycles. The Morgan fingerprint density at radius 1 is 1.29 bits per heavy atom. The first-order valence-electron chi connectivity index (χ1n) is 8.96. The highest BCUT2D eigenvalue weighted by molar-refractivity contribution is 5.82. The first-order valence-corrected chi connectivity index (χ1v) is 8.96. The lowest BCUT2D eigenvalue weighted by atomic mass is 10.0. The smallest absolute Gasteiger partial charge is 0.410 e. The lowest BCUT2D eigenvalue weighted by molar-refractivity contribution is -0.122. The van der Waals surface area contributed by atoms with E-state index in [4.69, 9.17) is 9.47 Å². The third-order valence-corrected chi connectivity index (χ3v) is 3.96. The Bertz CT molecular complexity index is 826. The second-order valence-electron chi connectivity index (χ2n) is 7.48. The Morgan fingerprint density at radius 3 is 2.54 bits per heavy atom. The van der Waals surface area contributed by atoms with E-state index >= 15 is 0 Å². The summed E-state index contributed by atoms with van der Waals surface area (Å²) < 4.78 is 12.6. The van der Waals surface area contributed by atoms with Gasteiger partial charge in [-0.25, -0.2) is 9.78 Å². The van der Waals surface area contributed by atoms with Gasteiger partial charge in [0.25, 0.3) is 0 Å². The van der Waals surface area contributed by atoms with Crippen molar-refractivity contribution in [2.24, 2.45) is 7.05 Å². The average molecular weight is 388 g/mol. The lowest BCUT2D eigenvalue weighted by Crippen LogP contribution is -2.42. The van der Waals surface area contributed by atoms with Gasteiger partial charge in [0, 0.05) is 32.1 Å². The van der Waals surface area contributed by atoms with Crippen LogP contribution in [0.2, 0.25) is 0 Å². The molecule has 1 unspecified atom stereocenters. The zero-order chi connectivity index (χ0) is 20.9. The minimum atomic E-state index is -0.630. The van der Waals surface area contributed by atoms with E-state index in [1.807, 2.05) is 35.9 Å². The van der Waals surface area contributed by atoms with E-state index < -0.39 is 17.7 Å². The zero-order valence-electron chi connectivity index (χ0n) is 17.2. The van der Waals surface area contributed by atoms with Gasteiger partial charge in [-0.15, -0.1) is 0 Å². The number of amides is 2. The number of benzene rings is 1. The van der Waals surface area contributed by atoms with Crippen molar-refractivity contribution in [3.63, 3.8) is 0 Å². The van der Waals surface area contributed by atoms with Gasteiger partial charge in [-0.05, 0) is 26.8 Å². The van der Waals surface area contributed by atoms with Crippen molar-refractivity contribution >= 4 is 12.0 Å². The summed E-state index contributed by atoms with van der Waals surface area (Å²) in [7, 11) is 4.95. The molecule has 0 aliphatic heterocycles. The molecule has 8 nitrogen and oxygen atoms in total. The Hall–Kier alpha value is -3.03. The van der Waals surface area contributed by atoms with Gasteiger partial charge in [0.2, 0.25) is 5.91 Å². The molecular weight excluding hydrogens is 360 g/mol. The molecule has 0 aliphatic rings. The number of ether oxygens (including phenoxy) is 2. The quantitative estimate of drug-likeness (QED) is 0.822. The summed E-state index contributed by atoms with van der Waals surface area (Å²) in [4.78, 5) is 30.4. The van der Waals surface area contributed by atoms with E-state index in [1.165, 1.54) is 11.9 Å². The largest absolute Gasteiger partial charge is 0.496 e. The summed E-state index contributed by atoms with van der Waals surface area (Å²) >= 11 is 0. The van der Waals surface area contributed by atoms with Crippen LogP contribution in [-0.4, -0.2) is 52.8 Å². The van der Waals surface area contributed by atoms with Crippen LogP contribution in [0.3, 0.4) is 0 Å². The van der Waals surface area contributed by atoms with Crippen LogP contribution < -0.4 is 10.1 Å². The third-order valence-electron chi connectivity index (χ3n) is 3.96. The van der Waals surface area contributed by atoms with Crippen LogP contribution in [0, 0.1) is 0 Å². The number of aryl methyl sites for hydroxylation is 1. The van der Waals surface area contributed by atoms with Gasteiger partial charge in [-0.3, -0.25) is 4.79 Å². The maximum Gasteiger partial charge on any atom is 0.410 e. The highest BCUT2D eigenvalue weighted by Gasteiger charge is 2.26. The van der Waals surface area contributed by atoms with Gasteiger partial charge in [-0.2, -0.15) is 0 Å². The van der Waals surface area contributed by atoms with E-state index in [9.17, 15) is 9.59 Å². The number of imidazole rings is 1. The first kappa shape index (κ1) is 21.3. The lowest BCUT2D eigenvalue weighted by Gasteiger charge is -2.25. The highest BCUT2D eigenvalue weighted by Crippen LogP contribution is 2.28. The number of hydrogen-bond acceptors (Lipinski definition) is 5. The van der Waals surface area contributed by atoms with Crippen LogP contribution in [-0.2, 0) is 16.6 Å². The molecule has 1 atom stereocenters. The van der Waals surface area contributed by atoms with Crippen molar-refractivity contribution < 1.29 is 19.1 Å². The van der Waals surface area contributed by atoms with E-state index in [2.05, 4.69) is 10.3 Å². The maximum atomic E-state index is 12.7. The van der Waals surface area contributed by atoms with Crippen LogP contribution in [0.15, 0.2) is 36.7 Å². The molecule has 1 N–H and O–H groups in total. The van der Waals surface area contributed by atoms with Crippen LogP contribution in [0.25, 0.3) is 0 Å². The van der Waals surface area contributed by atoms with Gasteiger partial charge >= 0.3 is 6.09 Å². The minimum absolute atomic E-state index is 0.148. The fourth-order valence-corrected chi connectivity index (χ4v) is 2.67. The molecule has 0 bridgehead atoms. The molecule has 1 heterocycles. The molecular formula is C20H28N4O4. The van der Waals surface area contributed by atoms with E-state index in [-0.39, 0.29) is 12.5 Å². The molecule has 0 fully saturated rings. The summed E-state index contributed by atoms with van der Waals surface area (Å²) in [5.74, 6) is 0.946. The van der Waals surface area contributed by atoms with E-state index in [0.29, 0.717) is 11.6 Å². The van der Waals surface area contributed by atoms with Gasteiger partial charge in [-0.1, -0.05) is 18.2 Å². The maximum absolute atomic E-state index is 12.7. The van der Waals surface area contributed by atoms with Crippen LogP contribution in [0.1, 0.15) is 38.2 Å². The number of carbonyl (C=O) groups is 2. The molecule has 0 radical (unpaired) electrons. The zero-order valence-corrected chi connectivity index (χ0v) is 17.2. The number of methoxy groups -OCH3 is 1. The van der Waals surface area contributed by atoms with Crippen molar-refractivity contribution in [3.8, 4) is 5.75 Å². The van der Waals surface area contributed by atoms with Gasteiger partial charge < -0.3 is 24.3 Å². The Balaban J connectivity index is 2.20.